The molecule has 1 N–H and O–H groups in total. The SMILES string of the molecule is CCCC1CCC(C)(COC(=O)NC(Cc2ccc(F)cc2)B2O[C@@H]3CC4CC(C4(C)C)[C@]3(C)O2)N1C(=O)CC#N. The summed E-state index contributed by atoms with van der Waals surface area (Å²) >= 11 is 0. The Bertz CT molecular complexity index is 1190. The van der Waals surface area contributed by atoms with E-state index in [-0.39, 0.29) is 42.3 Å². The number of alkyl carbamates (subject to hydrolysis) is 1. The fraction of sp³-hybridized carbons (Fsp3) is 0.710. The van der Waals surface area contributed by atoms with Crippen LogP contribution in [0.25, 0.3) is 0 Å². The van der Waals surface area contributed by atoms with E-state index in [9.17, 15) is 14.0 Å². The van der Waals surface area contributed by atoms with Crippen LogP contribution >= 0.6 is 0 Å². The van der Waals surface area contributed by atoms with Crippen molar-refractivity contribution < 1.29 is 28.0 Å². The molecule has 8 nitrogen and oxygen atoms in total. The zero-order valence-corrected chi connectivity index (χ0v) is 25.0. The van der Waals surface area contributed by atoms with Crippen molar-refractivity contribution in [3.8, 4) is 6.07 Å². The summed E-state index contributed by atoms with van der Waals surface area (Å²) < 4.78 is 32.5. The lowest BCUT2D eigenvalue weighted by Gasteiger charge is -2.64. The Balaban J connectivity index is 1.29. The molecule has 6 rings (SSSR count). The Morgan fingerprint density at radius 3 is 2.63 bits per heavy atom. The molecule has 5 unspecified atom stereocenters. The van der Waals surface area contributed by atoms with Gasteiger partial charge in [0.2, 0.25) is 5.91 Å². The van der Waals surface area contributed by atoms with E-state index in [1.807, 2.05) is 13.0 Å². The summed E-state index contributed by atoms with van der Waals surface area (Å²) in [5, 5.41) is 12.1. The molecule has 2 bridgehead atoms. The summed E-state index contributed by atoms with van der Waals surface area (Å²) in [7, 11) is -0.678. The molecule has 0 spiro atoms. The van der Waals surface area contributed by atoms with Crippen LogP contribution in [-0.2, 0) is 25.3 Å². The topological polar surface area (TPSA) is 101 Å². The lowest BCUT2D eigenvalue weighted by atomic mass is 9.43. The summed E-state index contributed by atoms with van der Waals surface area (Å²) in [4.78, 5) is 27.9. The molecule has 3 saturated carbocycles. The fourth-order valence-electron chi connectivity index (χ4n) is 8.15. The molecule has 2 aliphatic heterocycles. The van der Waals surface area contributed by atoms with Crippen LogP contribution in [0.1, 0.15) is 85.1 Å². The van der Waals surface area contributed by atoms with Crippen LogP contribution in [0.5, 0.6) is 0 Å². The second-order valence-corrected chi connectivity index (χ2v) is 13.6. The van der Waals surface area contributed by atoms with E-state index in [4.69, 9.17) is 19.3 Å². The highest BCUT2D eigenvalue weighted by Crippen LogP contribution is 2.65. The first kappa shape index (κ1) is 29.8. The van der Waals surface area contributed by atoms with Crippen molar-refractivity contribution in [2.24, 2.45) is 17.3 Å². The number of hydrogen-bond donors (Lipinski definition) is 1. The van der Waals surface area contributed by atoms with Crippen LogP contribution in [0, 0.1) is 34.4 Å². The largest absolute Gasteiger partial charge is 0.482 e. The van der Waals surface area contributed by atoms with Crippen molar-refractivity contribution in [1.82, 2.24) is 10.2 Å². The molecule has 2 saturated heterocycles. The maximum Gasteiger partial charge on any atom is 0.482 e. The number of halogens is 1. The molecule has 222 valence electrons. The Kier molecular flexibility index (Phi) is 8.17. The predicted octanol–water partition coefficient (Wildman–Crippen LogP) is 5.19. The van der Waals surface area contributed by atoms with Crippen LogP contribution in [0.3, 0.4) is 0 Å². The van der Waals surface area contributed by atoms with Gasteiger partial charge in [-0.25, -0.2) is 9.18 Å². The van der Waals surface area contributed by atoms with Crippen LogP contribution in [0.2, 0.25) is 0 Å². The number of nitrogens with one attached hydrogen (secondary N) is 1. The maximum absolute atomic E-state index is 13.6. The first-order valence-electron chi connectivity index (χ1n) is 15.1. The molecule has 5 aliphatic rings. The smallest absolute Gasteiger partial charge is 0.447 e. The Morgan fingerprint density at radius 1 is 1.24 bits per heavy atom. The molecule has 2 heterocycles. The third kappa shape index (κ3) is 5.48. The number of hydrogen-bond acceptors (Lipinski definition) is 6. The van der Waals surface area contributed by atoms with Crippen LogP contribution in [0.15, 0.2) is 24.3 Å². The molecule has 0 aromatic heterocycles. The minimum Gasteiger partial charge on any atom is -0.447 e. The van der Waals surface area contributed by atoms with E-state index in [1.54, 1.807) is 17.0 Å². The first-order chi connectivity index (χ1) is 19.4. The Hall–Kier alpha value is -2.64. The average molecular weight is 568 g/mol. The Morgan fingerprint density at radius 2 is 1.98 bits per heavy atom. The van der Waals surface area contributed by atoms with Crippen molar-refractivity contribution in [3.63, 3.8) is 0 Å². The van der Waals surface area contributed by atoms with Gasteiger partial charge in [-0.05, 0) is 87.3 Å². The van der Waals surface area contributed by atoms with Crippen molar-refractivity contribution in [3.05, 3.63) is 35.6 Å². The summed E-state index contributed by atoms with van der Waals surface area (Å²) in [5.74, 6) is -0.146. The third-order valence-electron chi connectivity index (χ3n) is 10.6. The van der Waals surface area contributed by atoms with Gasteiger partial charge in [-0.15, -0.1) is 0 Å². The molecular formula is C31H43BFN3O5. The van der Waals surface area contributed by atoms with E-state index in [1.165, 1.54) is 12.1 Å². The van der Waals surface area contributed by atoms with E-state index >= 15 is 0 Å². The van der Waals surface area contributed by atoms with Gasteiger partial charge in [-0.2, -0.15) is 5.26 Å². The Labute approximate surface area is 243 Å². The molecule has 1 aromatic rings. The van der Waals surface area contributed by atoms with Crippen molar-refractivity contribution in [1.29, 1.82) is 5.26 Å². The first-order valence-corrected chi connectivity index (χ1v) is 15.1. The standard InChI is InChI=1S/C31H43BFN3O5/c1-6-7-23-12-14-30(4,36(23)27(37)13-15-34)19-39-28(38)35-26(16-20-8-10-22(33)11-9-20)32-40-25-18-21-17-24(29(21,2)3)31(25,5)41-32/h8-11,21,23-26H,6-7,12-14,16-19H2,1-5H3,(H,35,38)/t21?,23?,24?,25-,26?,30?,31+/m1/s1. The van der Waals surface area contributed by atoms with Gasteiger partial charge < -0.3 is 24.3 Å². The second-order valence-electron chi connectivity index (χ2n) is 13.6. The minimum absolute atomic E-state index is 0.0180. The third-order valence-corrected chi connectivity index (χ3v) is 10.6. The van der Waals surface area contributed by atoms with E-state index in [0.717, 1.165) is 37.7 Å². The van der Waals surface area contributed by atoms with E-state index in [2.05, 4.69) is 33.0 Å². The number of carbonyl (C=O) groups is 2. The lowest BCUT2D eigenvalue weighted by molar-refractivity contribution is -0.199. The molecule has 41 heavy (non-hydrogen) atoms. The van der Waals surface area contributed by atoms with Crippen molar-refractivity contribution in [2.45, 2.75) is 115 Å². The summed E-state index contributed by atoms with van der Waals surface area (Å²) in [6.07, 6.45) is 4.81. The van der Waals surface area contributed by atoms with Gasteiger partial charge in [0.05, 0.1) is 29.3 Å². The van der Waals surface area contributed by atoms with Gasteiger partial charge in [0.15, 0.2) is 0 Å². The molecule has 5 fully saturated rings. The maximum atomic E-state index is 13.6. The number of amides is 2. The molecule has 10 heteroatoms. The number of nitrogens with zero attached hydrogens (tertiary/aromatic N) is 2. The zero-order valence-electron chi connectivity index (χ0n) is 25.0. The normalized spacial score (nSPS) is 33.9. The number of nitriles is 1. The molecule has 2 amide bonds. The van der Waals surface area contributed by atoms with Gasteiger partial charge in [0.1, 0.15) is 18.8 Å². The van der Waals surface area contributed by atoms with Gasteiger partial charge >= 0.3 is 13.2 Å². The summed E-state index contributed by atoms with van der Waals surface area (Å²) in [5.41, 5.74) is -0.105. The van der Waals surface area contributed by atoms with E-state index < -0.39 is 30.3 Å². The quantitative estimate of drug-likeness (QED) is 0.412. The van der Waals surface area contributed by atoms with Crippen LogP contribution in [-0.4, -0.2) is 59.9 Å². The number of likely N-dealkylation sites (tertiary alicyclic amines) is 1. The number of benzene rings is 1. The van der Waals surface area contributed by atoms with Crippen LogP contribution < -0.4 is 5.32 Å². The minimum atomic E-state index is -0.688. The van der Waals surface area contributed by atoms with Gasteiger partial charge in [0.25, 0.3) is 0 Å². The van der Waals surface area contributed by atoms with E-state index in [0.29, 0.717) is 24.7 Å². The number of rotatable bonds is 9. The van der Waals surface area contributed by atoms with Gasteiger partial charge in [-0.3, -0.25) is 4.79 Å². The van der Waals surface area contributed by atoms with Crippen LogP contribution in [0.4, 0.5) is 9.18 Å². The fourth-order valence-corrected chi connectivity index (χ4v) is 8.15. The van der Waals surface area contributed by atoms with Gasteiger partial charge in [-0.1, -0.05) is 39.3 Å². The number of carbonyl (C=O) groups excluding carboxylic acids is 2. The van der Waals surface area contributed by atoms with Crippen molar-refractivity contribution >= 4 is 19.1 Å². The molecular weight excluding hydrogens is 524 g/mol. The molecule has 7 atom stereocenters. The zero-order chi connectivity index (χ0) is 29.6. The highest BCUT2D eigenvalue weighted by atomic mass is 19.1. The lowest BCUT2D eigenvalue weighted by Crippen LogP contribution is -2.65. The molecule has 1 aromatic carbocycles. The summed E-state index contributed by atoms with van der Waals surface area (Å²) in [6.45, 7) is 10.7. The monoisotopic (exact) mass is 567 g/mol. The number of ether oxygens (including phenoxy) is 1. The van der Waals surface area contributed by atoms with Gasteiger partial charge in [0, 0.05) is 6.04 Å². The second kappa shape index (κ2) is 11.2. The highest BCUT2D eigenvalue weighted by Gasteiger charge is 2.68. The van der Waals surface area contributed by atoms with Crippen molar-refractivity contribution in [2.75, 3.05) is 6.61 Å². The average Bonchev–Trinajstić information content (AvgIpc) is 3.45. The predicted molar refractivity (Wildman–Crippen MR) is 152 cm³/mol. The highest BCUT2D eigenvalue weighted by molar-refractivity contribution is 6.47. The molecule has 0 radical (unpaired) electrons. The summed E-state index contributed by atoms with van der Waals surface area (Å²) in [6, 6.07) is 8.20. The molecule has 3 aliphatic carbocycles.